The summed E-state index contributed by atoms with van der Waals surface area (Å²) in [4.78, 5) is 16.3. The molecule has 1 fully saturated rings. The number of rotatable bonds is 8. The third-order valence-corrected chi connectivity index (χ3v) is 8.12. The smallest absolute Gasteiger partial charge is 0.433 e. The Labute approximate surface area is 222 Å². The van der Waals surface area contributed by atoms with Gasteiger partial charge in [-0.3, -0.25) is 9.78 Å². The van der Waals surface area contributed by atoms with Crippen molar-refractivity contribution in [2.45, 2.75) is 43.3 Å². The molecule has 2 aromatic heterocycles. The molecular weight excluding hydrogens is 535 g/mol. The van der Waals surface area contributed by atoms with Crippen molar-refractivity contribution in [2.24, 2.45) is 0 Å². The van der Waals surface area contributed by atoms with Gasteiger partial charge < -0.3 is 14.5 Å². The number of ether oxygens (including phenoxy) is 1. The number of aromatic nitrogens is 1. The molecule has 2 aromatic carbocycles. The molecule has 3 heterocycles. The van der Waals surface area contributed by atoms with Crippen LogP contribution in [-0.2, 0) is 34.1 Å². The number of nitrogens with zero attached hydrogens (tertiary/aromatic N) is 2. The highest BCUT2D eigenvalue weighted by atomic mass is 32.2. The fourth-order valence-electron chi connectivity index (χ4n) is 4.43. The zero-order valence-corrected chi connectivity index (χ0v) is 21.3. The van der Waals surface area contributed by atoms with Crippen LogP contribution < -0.4 is 10.1 Å². The van der Waals surface area contributed by atoms with Crippen LogP contribution in [0.15, 0.2) is 82.4 Å². The zero-order valence-electron chi connectivity index (χ0n) is 20.5. The Bertz CT molecular complexity index is 1570. The maximum atomic E-state index is 13.3. The van der Waals surface area contributed by atoms with Crippen LogP contribution in [-0.4, -0.2) is 36.2 Å². The number of carbonyl (C=O) groups excluding carboxylic acids is 1. The summed E-state index contributed by atoms with van der Waals surface area (Å²) in [6.45, 7) is 0.211. The lowest BCUT2D eigenvalue weighted by atomic mass is 10.2. The van der Waals surface area contributed by atoms with Gasteiger partial charge in [0.1, 0.15) is 29.7 Å². The van der Waals surface area contributed by atoms with Crippen molar-refractivity contribution < 1.29 is 35.5 Å². The van der Waals surface area contributed by atoms with Gasteiger partial charge in [0.2, 0.25) is 11.0 Å². The number of hydrogen-bond donors (Lipinski definition) is 1. The Kier molecular flexibility index (Phi) is 7.32. The molecule has 1 amide bonds. The van der Waals surface area contributed by atoms with Gasteiger partial charge in [-0.05, 0) is 54.3 Å². The van der Waals surface area contributed by atoms with Crippen molar-refractivity contribution in [1.82, 2.24) is 14.6 Å². The van der Waals surface area contributed by atoms with Gasteiger partial charge >= 0.3 is 6.18 Å². The average molecular weight is 560 g/mol. The highest BCUT2D eigenvalue weighted by Crippen LogP contribution is 2.30. The number of fused-ring (bicyclic) bond motifs is 1. The van der Waals surface area contributed by atoms with E-state index in [1.807, 2.05) is 0 Å². The summed E-state index contributed by atoms with van der Waals surface area (Å²) >= 11 is 0. The number of alkyl halides is 3. The summed E-state index contributed by atoms with van der Waals surface area (Å²) in [6.07, 6.45) is -2.56. The minimum atomic E-state index is -4.55. The summed E-state index contributed by atoms with van der Waals surface area (Å²) in [6, 6.07) is 16.6. The molecule has 1 atom stereocenters. The van der Waals surface area contributed by atoms with Gasteiger partial charge in [0.25, 0.3) is 10.0 Å². The molecule has 0 saturated carbocycles. The van der Waals surface area contributed by atoms with Crippen LogP contribution in [0, 0.1) is 0 Å². The van der Waals surface area contributed by atoms with E-state index in [4.69, 9.17) is 9.15 Å². The molecule has 8 nitrogen and oxygen atoms in total. The van der Waals surface area contributed by atoms with E-state index in [9.17, 15) is 26.4 Å². The number of halogens is 3. The molecule has 1 N–H and O–H groups in total. The minimum Gasteiger partial charge on any atom is -0.489 e. The number of hydrogen-bond acceptors (Lipinski definition) is 6. The lowest BCUT2D eigenvalue weighted by molar-refractivity contribution is -0.141. The summed E-state index contributed by atoms with van der Waals surface area (Å²) in [5, 5.41) is 3.23. The number of sulfonamides is 1. The minimum absolute atomic E-state index is 0.0991. The first-order valence-electron chi connectivity index (χ1n) is 12.1. The van der Waals surface area contributed by atoms with Crippen molar-refractivity contribution >= 4 is 26.9 Å². The van der Waals surface area contributed by atoms with Crippen LogP contribution >= 0.6 is 0 Å². The molecule has 39 heavy (non-hydrogen) atoms. The summed E-state index contributed by atoms with van der Waals surface area (Å²) in [7, 11) is -4.02. The summed E-state index contributed by atoms with van der Waals surface area (Å²) < 4.78 is 77.6. The average Bonchev–Trinajstić information content (AvgIpc) is 3.59. The predicted octanol–water partition coefficient (Wildman–Crippen LogP) is 4.90. The first-order chi connectivity index (χ1) is 18.6. The highest BCUT2D eigenvalue weighted by molar-refractivity contribution is 7.89. The van der Waals surface area contributed by atoms with Crippen molar-refractivity contribution in [2.75, 3.05) is 6.54 Å². The fraction of sp³-hybridized carbons (Fsp3) is 0.259. The van der Waals surface area contributed by atoms with Gasteiger partial charge in [0.15, 0.2) is 0 Å². The normalized spacial score (nSPS) is 16.4. The Morgan fingerprint density at radius 3 is 2.69 bits per heavy atom. The van der Waals surface area contributed by atoms with Crippen LogP contribution in [0.4, 0.5) is 13.2 Å². The SMILES string of the molecule is O=C(NCc1cccc(OCc2ccnc(C(F)(F)F)c2)c1)[C@@H]1CCCN1S(=O)(=O)c1cc2ccccc2o1. The van der Waals surface area contributed by atoms with Crippen molar-refractivity contribution in [3.63, 3.8) is 0 Å². The third-order valence-electron chi connectivity index (χ3n) is 6.36. The van der Waals surface area contributed by atoms with Gasteiger partial charge in [0.05, 0.1) is 0 Å². The molecule has 0 bridgehead atoms. The fourth-order valence-corrected chi connectivity index (χ4v) is 6.04. The molecule has 0 aliphatic carbocycles. The first-order valence-corrected chi connectivity index (χ1v) is 13.6. The van der Waals surface area contributed by atoms with Crippen LogP contribution in [0.2, 0.25) is 0 Å². The lowest BCUT2D eigenvalue weighted by Crippen LogP contribution is -2.45. The molecule has 12 heteroatoms. The second-order valence-electron chi connectivity index (χ2n) is 9.08. The Hall–Kier alpha value is -3.90. The number of nitrogens with one attached hydrogen (secondary N) is 1. The Balaban J connectivity index is 1.21. The van der Waals surface area contributed by atoms with Crippen LogP contribution in [0.3, 0.4) is 0 Å². The van der Waals surface area contributed by atoms with Gasteiger partial charge in [-0.15, -0.1) is 0 Å². The van der Waals surface area contributed by atoms with Crippen LogP contribution in [0.5, 0.6) is 5.75 Å². The standard InChI is InChI=1S/C27H24F3N3O5S/c28-27(29,30)24-14-19(10-11-31-24)17-37-21-7-3-5-18(13-21)16-32-26(34)22-8-4-12-33(22)39(35,36)25-15-20-6-1-2-9-23(20)38-25/h1-3,5-7,9-11,13-15,22H,4,8,12,16-17H2,(H,32,34)/t22-/m0/s1. The molecule has 0 radical (unpaired) electrons. The van der Waals surface area contributed by atoms with E-state index in [1.54, 1.807) is 48.5 Å². The number of carbonyl (C=O) groups is 1. The molecule has 1 aliphatic heterocycles. The van der Waals surface area contributed by atoms with E-state index < -0.39 is 33.8 Å². The zero-order chi connectivity index (χ0) is 27.6. The quantitative estimate of drug-likeness (QED) is 0.330. The second kappa shape index (κ2) is 10.7. The maximum absolute atomic E-state index is 13.3. The van der Waals surface area contributed by atoms with E-state index >= 15 is 0 Å². The summed E-state index contributed by atoms with van der Waals surface area (Å²) in [5.41, 5.74) is 0.436. The predicted molar refractivity (Wildman–Crippen MR) is 135 cm³/mol. The van der Waals surface area contributed by atoms with E-state index in [0.717, 1.165) is 12.3 Å². The topological polar surface area (TPSA) is 102 Å². The molecule has 204 valence electrons. The van der Waals surface area contributed by atoms with E-state index in [1.165, 1.54) is 16.4 Å². The largest absolute Gasteiger partial charge is 0.489 e. The summed E-state index contributed by atoms with van der Waals surface area (Å²) in [5.74, 6) is -0.0305. The van der Waals surface area contributed by atoms with E-state index in [2.05, 4.69) is 10.3 Å². The second-order valence-corrected chi connectivity index (χ2v) is 10.9. The molecular formula is C27H24F3N3O5S. The first kappa shape index (κ1) is 26.7. The highest BCUT2D eigenvalue weighted by Gasteiger charge is 2.41. The number of para-hydroxylation sites is 1. The van der Waals surface area contributed by atoms with Gasteiger partial charge in [-0.1, -0.05) is 30.3 Å². The third kappa shape index (κ3) is 5.91. The molecule has 1 aliphatic rings. The van der Waals surface area contributed by atoms with E-state index in [-0.39, 0.29) is 24.8 Å². The van der Waals surface area contributed by atoms with Crippen molar-refractivity contribution in [3.8, 4) is 5.75 Å². The Morgan fingerprint density at radius 1 is 1.08 bits per heavy atom. The van der Waals surface area contributed by atoms with Gasteiger partial charge in [-0.25, -0.2) is 8.42 Å². The number of benzene rings is 2. The molecule has 0 unspecified atom stereocenters. The monoisotopic (exact) mass is 559 g/mol. The molecule has 1 saturated heterocycles. The molecule has 0 spiro atoms. The Morgan fingerprint density at radius 2 is 1.90 bits per heavy atom. The molecule has 5 rings (SSSR count). The number of pyridine rings is 1. The van der Waals surface area contributed by atoms with Crippen LogP contribution in [0.25, 0.3) is 11.0 Å². The molecule has 4 aromatic rings. The van der Waals surface area contributed by atoms with Gasteiger partial charge in [-0.2, -0.15) is 17.5 Å². The van der Waals surface area contributed by atoms with Crippen LogP contribution in [0.1, 0.15) is 29.7 Å². The number of furan rings is 1. The number of amides is 1. The lowest BCUT2D eigenvalue weighted by Gasteiger charge is -2.22. The van der Waals surface area contributed by atoms with E-state index in [0.29, 0.717) is 40.7 Å². The van der Waals surface area contributed by atoms with Crippen molar-refractivity contribution in [3.05, 3.63) is 89.7 Å². The maximum Gasteiger partial charge on any atom is 0.433 e. The van der Waals surface area contributed by atoms with Gasteiger partial charge in [0, 0.05) is 30.7 Å². The van der Waals surface area contributed by atoms with Crippen molar-refractivity contribution in [1.29, 1.82) is 0 Å².